The van der Waals surface area contributed by atoms with Crippen LogP contribution in [0.15, 0.2) is 40.1 Å². The van der Waals surface area contributed by atoms with Gasteiger partial charge in [0, 0.05) is 37.1 Å². The molecule has 1 heterocycles. The molecule has 2 aromatic rings. The van der Waals surface area contributed by atoms with Crippen molar-refractivity contribution in [3.63, 3.8) is 0 Å². The van der Waals surface area contributed by atoms with Crippen LogP contribution in [0.3, 0.4) is 0 Å². The lowest BCUT2D eigenvalue weighted by Crippen LogP contribution is -2.37. The SMILES string of the molecule is Cc1cc(Cl)ccc1NC(=O)/C=C/c1cn(C)c(=O)n(C)c1=O. The molecule has 0 fully saturated rings. The van der Waals surface area contributed by atoms with E-state index >= 15 is 0 Å². The van der Waals surface area contributed by atoms with Gasteiger partial charge < -0.3 is 9.88 Å². The number of anilines is 1. The van der Waals surface area contributed by atoms with Crippen LogP contribution in [0.25, 0.3) is 6.08 Å². The van der Waals surface area contributed by atoms with Gasteiger partial charge in [-0.05, 0) is 36.8 Å². The number of benzene rings is 1. The molecule has 0 aliphatic rings. The van der Waals surface area contributed by atoms with Gasteiger partial charge in [-0.25, -0.2) is 4.79 Å². The molecule has 1 N–H and O–H groups in total. The summed E-state index contributed by atoms with van der Waals surface area (Å²) in [5, 5.41) is 3.29. The Morgan fingerprint density at radius 3 is 2.61 bits per heavy atom. The summed E-state index contributed by atoms with van der Waals surface area (Å²) >= 11 is 5.86. The highest BCUT2D eigenvalue weighted by Gasteiger charge is 2.06. The standard InChI is InChI=1S/C16H16ClN3O3/c1-10-8-12(17)5-6-13(10)18-14(21)7-4-11-9-19(2)16(23)20(3)15(11)22/h4-9H,1-3H3,(H,18,21)/b7-4+. The van der Waals surface area contributed by atoms with E-state index in [1.54, 1.807) is 18.2 Å². The number of amides is 1. The lowest BCUT2D eigenvalue weighted by Gasteiger charge is -2.06. The van der Waals surface area contributed by atoms with Crippen molar-refractivity contribution in [1.29, 1.82) is 0 Å². The topological polar surface area (TPSA) is 73.1 Å². The van der Waals surface area contributed by atoms with Gasteiger partial charge in [0.25, 0.3) is 5.56 Å². The first-order valence-electron chi connectivity index (χ1n) is 6.81. The number of hydrogen-bond acceptors (Lipinski definition) is 3. The Morgan fingerprint density at radius 1 is 1.26 bits per heavy atom. The molecule has 0 bridgehead atoms. The van der Waals surface area contributed by atoms with Crippen molar-refractivity contribution in [2.75, 3.05) is 5.32 Å². The van der Waals surface area contributed by atoms with E-state index in [1.807, 2.05) is 6.92 Å². The molecule has 0 atom stereocenters. The third kappa shape index (κ3) is 3.78. The van der Waals surface area contributed by atoms with Gasteiger partial charge in [0.15, 0.2) is 0 Å². The first-order valence-corrected chi connectivity index (χ1v) is 7.19. The molecule has 0 aliphatic carbocycles. The van der Waals surface area contributed by atoms with Crippen molar-refractivity contribution in [1.82, 2.24) is 9.13 Å². The zero-order valence-electron chi connectivity index (χ0n) is 13.0. The van der Waals surface area contributed by atoms with Gasteiger partial charge in [0.1, 0.15) is 0 Å². The largest absolute Gasteiger partial charge is 0.330 e. The smallest absolute Gasteiger partial charge is 0.322 e. The molecule has 7 heteroatoms. The van der Waals surface area contributed by atoms with E-state index in [-0.39, 0.29) is 11.5 Å². The summed E-state index contributed by atoms with van der Waals surface area (Å²) in [5.74, 6) is -0.383. The Labute approximate surface area is 137 Å². The zero-order valence-corrected chi connectivity index (χ0v) is 13.7. The first-order chi connectivity index (χ1) is 10.8. The van der Waals surface area contributed by atoms with Crippen LogP contribution in [-0.2, 0) is 18.9 Å². The maximum Gasteiger partial charge on any atom is 0.330 e. The Bertz CT molecular complexity index is 910. The molecular weight excluding hydrogens is 318 g/mol. The monoisotopic (exact) mass is 333 g/mol. The van der Waals surface area contributed by atoms with Crippen LogP contribution in [0, 0.1) is 6.92 Å². The third-order valence-electron chi connectivity index (χ3n) is 3.33. The number of aromatic nitrogens is 2. The number of nitrogens with zero attached hydrogens (tertiary/aromatic N) is 2. The second-order valence-electron chi connectivity index (χ2n) is 5.12. The molecule has 0 unspecified atom stereocenters. The van der Waals surface area contributed by atoms with E-state index < -0.39 is 11.2 Å². The van der Waals surface area contributed by atoms with Crippen LogP contribution in [-0.4, -0.2) is 15.0 Å². The number of hydrogen-bond donors (Lipinski definition) is 1. The summed E-state index contributed by atoms with van der Waals surface area (Å²) in [7, 11) is 2.93. The molecule has 0 spiro atoms. The molecular formula is C16H16ClN3O3. The van der Waals surface area contributed by atoms with Crippen LogP contribution >= 0.6 is 11.6 Å². The fourth-order valence-corrected chi connectivity index (χ4v) is 2.28. The van der Waals surface area contributed by atoms with Crippen LogP contribution in [0.2, 0.25) is 5.02 Å². The Kier molecular flexibility index (Phi) is 4.86. The van der Waals surface area contributed by atoms with Crippen molar-refractivity contribution in [3.8, 4) is 0 Å². The highest BCUT2D eigenvalue weighted by Crippen LogP contribution is 2.19. The van der Waals surface area contributed by atoms with Crippen molar-refractivity contribution in [3.05, 3.63) is 67.5 Å². The molecule has 0 saturated heterocycles. The molecule has 120 valence electrons. The minimum absolute atomic E-state index is 0.248. The van der Waals surface area contributed by atoms with Gasteiger partial charge in [0.2, 0.25) is 5.91 Å². The zero-order chi connectivity index (χ0) is 17.1. The molecule has 1 amide bonds. The summed E-state index contributed by atoms with van der Waals surface area (Å²) in [6, 6.07) is 5.12. The van der Waals surface area contributed by atoms with Crippen molar-refractivity contribution in [2.24, 2.45) is 14.1 Å². The number of aryl methyl sites for hydroxylation is 2. The minimum Gasteiger partial charge on any atom is -0.322 e. The molecule has 2 rings (SSSR count). The Balaban J connectivity index is 2.22. The van der Waals surface area contributed by atoms with Gasteiger partial charge >= 0.3 is 5.69 Å². The number of rotatable bonds is 3. The first kappa shape index (κ1) is 16.8. The highest BCUT2D eigenvalue weighted by atomic mass is 35.5. The molecule has 1 aromatic heterocycles. The maximum absolute atomic E-state index is 12.0. The normalized spacial score (nSPS) is 11.0. The van der Waals surface area contributed by atoms with E-state index in [4.69, 9.17) is 11.6 Å². The summed E-state index contributed by atoms with van der Waals surface area (Å²) < 4.78 is 2.27. The quantitative estimate of drug-likeness (QED) is 0.869. The summed E-state index contributed by atoms with van der Waals surface area (Å²) in [6.45, 7) is 1.83. The number of nitrogens with one attached hydrogen (secondary N) is 1. The number of carbonyl (C=O) groups is 1. The van der Waals surface area contributed by atoms with Crippen LogP contribution in [0.4, 0.5) is 5.69 Å². The lowest BCUT2D eigenvalue weighted by molar-refractivity contribution is -0.111. The fraction of sp³-hybridized carbons (Fsp3) is 0.188. The summed E-state index contributed by atoms with van der Waals surface area (Å²) in [6.07, 6.45) is 4.01. The molecule has 6 nitrogen and oxygen atoms in total. The molecule has 0 aliphatic heterocycles. The average molecular weight is 334 g/mol. The van der Waals surface area contributed by atoms with Gasteiger partial charge in [-0.1, -0.05) is 11.6 Å². The van der Waals surface area contributed by atoms with E-state index in [2.05, 4.69) is 5.32 Å². The Hall–Kier alpha value is -2.60. The van der Waals surface area contributed by atoms with Gasteiger partial charge in [-0.2, -0.15) is 0 Å². The second kappa shape index (κ2) is 6.66. The van der Waals surface area contributed by atoms with Gasteiger partial charge in [-0.3, -0.25) is 14.2 Å². The fourth-order valence-electron chi connectivity index (χ4n) is 2.06. The predicted octanol–water partition coefficient (Wildman–Crippen LogP) is 1.70. The minimum atomic E-state index is -0.458. The third-order valence-corrected chi connectivity index (χ3v) is 3.57. The molecule has 0 saturated carbocycles. The molecule has 23 heavy (non-hydrogen) atoms. The van der Waals surface area contributed by atoms with Gasteiger partial charge in [-0.15, -0.1) is 0 Å². The van der Waals surface area contributed by atoms with E-state index in [0.29, 0.717) is 10.7 Å². The maximum atomic E-state index is 12.0. The predicted molar refractivity (Wildman–Crippen MR) is 90.8 cm³/mol. The molecule has 1 aromatic carbocycles. The summed E-state index contributed by atoms with van der Waals surface area (Å²) in [4.78, 5) is 35.5. The van der Waals surface area contributed by atoms with Crippen molar-refractivity contribution in [2.45, 2.75) is 6.92 Å². The second-order valence-corrected chi connectivity index (χ2v) is 5.56. The molecule has 0 radical (unpaired) electrons. The van der Waals surface area contributed by atoms with Crippen LogP contribution in [0.1, 0.15) is 11.1 Å². The highest BCUT2D eigenvalue weighted by molar-refractivity contribution is 6.30. The van der Waals surface area contributed by atoms with E-state index in [0.717, 1.165) is 10.1 Å². The van der Waals surface area contributed by atoms with Crippen LogP contribution in [0.5, 0.6) is 0 Å². The van der Waals surface area contributed by atoms with E-state index in [9.17, 15) is 14.4 Å². The van der Waals surface area contributed by atoms with Crippen LogP contribution < -0.4 is 16.6 Å². The van der Waals surface area contributed by atoms with Gasteiger partial charge in [0.05, 0.1) is 5.56 Å². The lowest BCUT2D eigenvalue weighted by atomic mass is 10.2. The van der Waals surface area contributed by atoms with Crippen molar-refractivity contribution < 1.29 is 4.79 Å². The van der Waals surface area contributed by atoms with E-state index in [1.165, 1.54) is 37.0 Å². The number of carbonyl (C=O) groups excluding carboxylic acids is 1. The number of halogens is 1. The van der Waals surface area contributed by atoms with Crippen molar-refractivity contribution >= 4 is 29.3 Å². The Morgan fingerprint density at radius 2 is 1.96 bits per heavy atom. The summed E-state index contributed by atoms with van der Waals surface area (Å²) in [5.41, 5.74) is 0.834. The average Bonchev–Trinajstić information content (AvgIpc) is 2.50.